The molecule has 0 aliphatic carbocycles. The van der Waals surface area contributed by atoms with E-state index in [9.17, 15) is 14.7 Å². The molecular formula is C16H17NO5. The topological polar surface area (TPSA) is 88.8 Å². The second kappa shape index (κ2) is 5.81. The SMILES string of the molecule is O=C(NCC1(C(=O)O)CCOCC1)c1cc2ccccc2o1. The number of benzene rings is 1. The third-order valence-electron chi connectivity index (χ3n) is 4.14. The molecule has 3 rings (SSSR count). The van der Waals surface area contributed by atoms with Crippen LogP contribution in [0.2, 0.25) is 0 Å². The van der Waals surface area contributed by atoms with Crippen LogP contribution in [0.1, 0.15) is 23.4 Å². The smallest absolute Gasteiger partial charge is 0.311 e. The van der Waals surface area contributed by atoms with E-state index in [2.05, 4.69) is 5.32 Å². The van der Waals surface area contributed by atoms with Gasteiger partial charge in [-0.25, -0.2) is 0 Å². The van der Waals surface area contributed by atoms with Crippen LogP contribution in [0.5, 0.6) is 0 Å². The van der Waals surface area contributed by atoms with Crippen LogP contribution in [-0.4, -0.2) is 36.7 Å². The third-order valence-corrected chi connectivity index (χ3v) is 4.14. The zero-order valence-electron chi connectivity index (χ0n) is 12.0. The number of ether oxygens (including phenoxy) is 1. The molecule has 22 heavy (non-hydrogen) atoms. The number of furan rings is 1. The van der Waals surface area contributed by atoms with Gasteiger partial charge in [-0.3, -0.25) is 9.59 Å². The molecule has 2 heterocycles. The number of carbonyl (C=O) groups is 2. The number of hydrogen-bond donors (Lipinski definition) is 2. The average molecular weight is 303 g/mol. The summed E-state index contributed by atoms with van der Waals surface area (Å²) in [6.07, 6.45) is 0.783. The third kappa shape index (κ3) is 2.69. The predicted octanol–water partition coefficient (Wildman–Crippen LogP) is 2.04. The van der Waals surface area contributed by atoms with E-state index in [1.807, 2.05) is 18.2 Å². The van der Waals surface area contributed by atoms with Crippen molar-refractivity contribution in [3.05, 3.63) is 36.1 Å². The van der Waals surface area contributed by atoms with Crippen molar-refractivity contribution in [3.63, 3.8) is 0 Å². The van der Waals surface area contributed by atoms with Gasteiger partial charge in [0.15, 0.2) is 5.76 Å². The van der Waals surface area contributed by atoms with Gasteiger partial charge >= 0.3 is 5.97 Å². The van der Waals surface area contributed by atoms with Gasteiger partial charge in [-0.1, -0.05) is 18.2 Å². The quantitative estimate of drug-likeness (QED) is 0.902. The molecule has 1 aromatic carbocycles. The summed E-state index contributed by atoms with van der Waals surface area (Å²) < 4.78 is 10.7. The molecule has 0 radical (unpaired) electrons. The lowest BCUT2D eigenvalue weighted by Gasteiger charge is -2.32. The van der Waals surface area contributed by atoms with Gasteiger partial charge in [0.25, 0.3) is 5.91 Å². The molecule has 2 N–H and O–H groups in total. The number of fused-ring (bicyclic) bond motifs is 1. The number of nitrogens with one attached hydrogen (secondary N) is 1. The van der Waals surface area contributed by atoms with Crippen LogP contribution in [0.3, 0.4) is 0 Å². The minimum Gasteiger partial charge on any atom is -0.481 e. The van der Waals surface area contributed by atoms with Gasteiger partial charge < -0.3 is 19.6 Å². The largest absolute Gasteiger partial charge is 0.481 e. The van der Waals surface area contributed by atoms with Gasteiger partial charge in [0, 0.05) is 25.1 Å². The van der Waals surface area contributed by atoms with E-state index in [1.165, 1.54) is 0 Å². The first-order chi connectivity index (χ1) is 10.6. The molecule has 0 unspecified atom stereocenters. The molecule has 1 aliphatic rings. The Hall–Kier alpha value is -2.34. The second-order valence-electron chi connectivity index (χ2n) is 5.53. The molecule has 1 aromatic heterocycles. The summed E-state index contributed by atoms with van der Waals surface area (Å²) in [6, 6.07) is 8.98. The van der Waals surface area contributed by atoms with Crippen LogP contribution in [0.4, 0.5) is 0 Å². The number of hydrogen-bond acceptors (Lipinski definition) is 4. The van der Waals surface area contributed by atoms with E-state index < -0.39 is 17.3 Å². The van der Waals surface area contributed by atoms with Gasteiger partial charge in [0.2, 0.25) is 0 Å². The maximum absolute atomic E-state index is 12.2. The van der Waals surface area contributed by atoms with Crippen LogP contribution in [0.25, 0.3) is 11.0 Å². The first kappa shape index (κ1) is 14.6. The molecule has 6 heteroatoms. The minimum atomic E-state index is -0.958. The highest BCUT2D eigenvalue weighted by Crippen LogP contribution is 2.30. The summed E-state index contributed by atoms with van der Waals surface area (Å²) in [5, 5.41) is 13.0. The van der Waals surface area contributed by atoms with E-state index in [0.717, 1.165) is 5.39 Å². The molecule has 0 spiro atoms. The summed E-state index contributed by atoms with van der Waals surface area (Å²) in [5.41, 5.74) is -0.327. The Morgan fingerprint density at radius 3 is 2.64 bits per heavy atom. The number of amides is 1. The lowest BCUT2D eigenvalue weighted by molar-refractivity contribution is -0.154. The van der Waals surface area contributed by atoms with Gasteiger partial charge in [-0.15, -0.1) is 0 Å². The molecule has 0 saturated carbocycles. The van der Waals surface area contributed by atoms with E-state index in [0.29, 0.717) is 31.6 Å². The number of rotatable bonds is 4. The zero-order valence-corrected chi connectivity index (χ0v) is 12.0. The summed E-state index contributed by atoms with van der Waals surface area (Å²) in [4.78, 5) is 23.7. The van der Waals surface area contributed by atoms with Crippen molar-refractivity contribution >= 4 is 22.8 Å². The molecule has 2 aromatic rings. The van der Waals surface area contributed by atoms with Crippen molar-refractivity contribution in [3.8, 4) is 0 Å². The van der Waals surface area contributed by atoms with E-state index >= 15 is 0 Å². The summed E-state index contributed by atoms with van der Waals surface area (Å²) >= 11 is 0. The van der Waals surface area contributed by atoms with E-state index in [1.54, 1.807) is 12.1 Å². The lowest BCUT2D eigenvalue weighted by Crippen LogP contribution is -2.46. The minimum absolute atomic E-state index is 0.0710. The fourth-order valence-electron chi connectivity index (χ4n) is 2.66. The average Bonchev–Trinajstić information content (AvgIpc) is 2.97. The Labute approximate surface area is 127 Å². The van der Waals surface area contributed by atoms with Crippen LogP contribution in [0, 0.1) is 5.41 Å². The number of carbonyl (C=O) groups excluding carboxylic acids is 1. The first-order valence-electron chi connectivity index (χ1n) is 7.19. The highest BCUT2D eigenvalue weighted by atomic mass is 16.5. The lowest BCUT2D eigenvalue weighted by atomic mass is 9.80. The maximum Gasteiger partial charge on any atom is 0.311 e. The van der Waals surface area contributed by atoms with Gasteiger partial charge in [0.1, 0.15) is 5.58 Å². The van der Waals surface area contributed by atoms with Crippen LogP contribution in [-0.2, 0) is 9.53 Å². The van der Waals surface area contributed by atoms with Gasteiger partial charge in [-0.2, -0.15) is 0 Å². The highest BCUT2D eigenvalue weighted by Gasteiger charge is 2.40. The number of para-hydroxylation sites is 1. The van der Waals surface area contributed by atoms with Crippen LogP contribution in [0.15, 0.2) is 34.7 Å². The number of carboxylic acids is 1. The molecule has 6 nitrogen and oxygen atoms in total. The Morgan fingerprint density at radius 2 is 1.95 bits per heavy atom. The molecule has 1 aliphatic heterocycles. The highest BCUT2D eigenvalue weighted by molar-refractivity contribution is 5.96. The molecule has 116 valence electrons. The van der Waals surface area contributed by atoms with E-state index in [-0.39, 0.29) is 12.3 Å². The monoisotopic (exact) mass is 303 g/mol. The van der Waals surface area contributed by atoms with Gasteiger partial charge in [0.05, 0.1) is 5.41 Å². The van der Waals surface area contributed by atoms with Crippen molar-refractivity contribution < 1.29 is 23.8 Å². The zero-order chi connectivity index (χ0) is 15.6. The molecule has 1 amide bonds. The van der Waals surface area contributed by atoms with Crippen molar-refractivity contribution in [2.75, 3.05) is 19.8 Å². The predicted molar refractivity (Wildman–Crippen MR) is 78.7 cm³/mol. The maximum atomic E-state index is 12.2. The summed E-state index contributed by atoms with van der Waals surface area (Å²) in [6.45, 7) is 0.862. The Kier molecular flexibility index (Phi) is 3.85. The Bertz CT molecular complexity index is 666. The Balaban J connectivity index is 1.72. The first-order valence-corrected chi connectivity index (χ1v) is 7.19. The van der Waals surface area contributed by atoms with Gasteiger partial charge in [-0.05, 0) is 25.0 Å². The molecular weight excluding hydrogens is 286 g/mol. The van der Waals surface area contributed by atoms with Crippen molar-refractivity contribution in [2.45, 2.75) is 12.8 Å². The summed E-state index contributed by atoms with van der Waals surface area (Å²) in [5.74, 6) is -1.11. The standard InChI is InChI=1S/C16H17NO5/c18-14(13-9-11-3-1-2-4-12(11)22-13)17-10-16(15(19)20)5-7-21-8-6-16/h1-4,9H,5-8,10H2,(H,17,18)(H,19,20). The second-order valence-corrected chi connectivity index (χ2v) is 5.53. The molecule has 1 saturated heterocycles. The molecule has 0 bridgehead atoms. The normalized spacial score (nSPS) is 17.3. The van der Waals surface area contributed by atoms with Crippen LogP contribution < -0.4 is 5.32 Å². The van der Waals surface area contributed by atoms with Crippen molar-refractivity contribution in [2.24, 2.45) is 5.41 Å². The summed E-state index contributed by atoms with van der Waals surface area (Å²) in [7, 11) is 0. The number of aliphatic carboxylic acids is 1. The molecule has 1 fully saturated rings. The number of carboxylic acid groups (broad SMARTS) is 1. The fourth-order valence-corrected chi connectivity index (χ4v) is 2.66. The van der Waals surface area contributed by atoms with Crippen molar-refractivity contribution in [1.29, 1.82) is 0 Å². The molecule has 0 atom stereocenters. The fraction of sp³-hybridized carbons (Fsp3) is 0.375. The van der Waals surface area contributed by atoms with Crippen molar-refractivity contribution in [1.82, 2.24) is 5.32 Å². The van der Waals surface area contributed by atoms with Crippen LogP contribution >= 0.6 is 0 Å². The van der Waals surface area contributed by atoms with E-state index in [4.69, 9.17) is 9.15 Å². The Morgan fingerprint density at radius 1 is 1.23 bits per heavy atom.